The minimum absolute atomic E-state index is 0. The molecule has 0 aromatic carbocycles. The third kappa shape index (κ3) is 8.48. The Hall–Kier alpha value is -1.16. The van der Waals surface area contributed by atoms with Gasteiger partial charge in [-0.25, -0.2) is 9.97 Å². The van der Waals surface area contributed by atoms with Gasteiger partial charge in [0.25, 0.3) is 0 Å². The number of guanidine groups is 1. The van der Waals surface area contributed by atoms with E-state index in [0.29, 0.717) is 0 Å². The number of unbranched alkanes of at least 4 members (excludes halogenated alkanes) is 2. The van der Waals surface area contributed by atoms with E-state index < -0.39 is 0 Å². The summed E-state index contributed by atoms with van der Waals surface area (Å²) in [4.78, 5) is 18.0. The molecule has 7 nitrogen and oxygen atoms in total. The van der Waals surface area contributed by atoms with Crippen molar-refractivity contribution in [3.63, 3.8) is 0 Å². The molecule has 1 fully saturated rings. The third-order valence-corrected chi connectivity index (χ3v) is 4.30. The van der Waals surface area contributed by atoms with Gasteiger partial charge in [-0.2, -0.15) is 0 Å². The lowest BCUT2D eigenvalue weighted by Gasteiger charge is -2.34. The summed E-state index contributed by atoms with van der Waals surface area (Å²) in [6.07, 6.45) is 7.26. The van der Waals surface area contributed by atoms with Crippen LogP contribution in [0.2, 0.25) is 0 Å². The molecule has 8 heteroatoms. The van der Waals surface area contributed by atoms with Crippen molar-refractivity contribution >= 4 is 35.9 Å². The van der Waals surface area contributed by atoms with Gasteiger partial charge >= 0.3 is 0 Å². The van der Waals surface area contributed by atoms with E-state index in [9.17, 15) is 0 Å². The standard InChI is InChI=1S/C18H33N7.HI/c1-3-5-6-8-20-17(19-4-2)21-11-12-24-13-15-25(16-14-24)18-22-9-7-10-23-18;/h7,9-10H,3-6,8,11-16H2,1-2H3,(H2,19,20,21);1H. The van der Waals surface area contributed by atoms with Crippen LogP contribution >= 0.6 is 24.0 Å². The number of hydrogen-bond acceptors (Lipinski definition) is 5. The second-order valence-corrected chi connectivity index (χ2v) is 6.27. The molecule has 1 aromatic rings. The SMILES string of the molecule is CCCCCN=C(NCC)NCCN1CCN(c2ncccn2)CC1.I. The van der Waals surface area contributed by atoms with Crippen LogP contribution in [0.3, 0.4) is 0 Å². The van der Waals surface area contributed by atoms with Crippen LogP contribution in [0.15, 0.2) is 23.5 Å². The maximum atomic E-state index is 4.64. The zero-order valence-corrected chi connectivity index (χ0v) is 18.5. The lowest BCUT2D eigenvalue weighted by Crippen LogP contribution is -2.49. The van der Waals surface area contributed by atoms with Crippen molar-refractivity contribution in [2.45, 2.75) is 33.1 Å². The summed E-state index contributed by atoms with van der Waals surface area (Å²) in [5.74, 6) is 1.78. The third-order valence-electron chi connectivity index (χ3n) is 4.30. The molecule has 1 aliphatic rings. The minimum atomic E-state index is 0. The lowest BCUT2D eigenvalue weighted by molar-refractivity contribution is 0.260. The number of aromatic nitrogens is 2. The number of nitrogens with one attached hydrogen (secondary N) is 2. The molecule has 0 amide bonds. The molecule has 148 valence electrons. The average molecular weight is 475 g/mol. The molecule has 0 bridgehead atoms. The van der Waals surface area contributed by atoms with Gasteiger partial charge in [0, 0.05) is 64.8 Å². The summed E-state index contributed by atoms with van der Waals surface area (Å²) in [5, 5.41) is 6.77. The number of halogens is 1. The Kier molecular flexibility index (Phi) is 12.3. The number of aliphatic imine (C=N–C) groups is 1. The van der Waals surface area contributed by atoms with Crippen LogP contribution in [-0.2, 0) is 0 Å². The molecule has 1 aliphatic heterocycles. The van der Waals surface area contributed by atoms with Crippen molar-refractivity contribution < 1.29 is 0 Å². The van der Waals surface area contributed by atoms with Crippen molar-refractivity contribution in [3.8, 4) is 0 Å². The Morgan fingerprint density at radius 3 is 2.46 bits per heavy atom. The highest BCUT2D eigenvalue weighted by molar-refractivity contribution is 14.0. The van der Waals surface area contributed by atoms with Gasteiger partial charge in [-0.15, -0.1) is 24.0 Å². The highest BCUT2D eigenvalue weighted by atomic mass is 127. The Morgan fingerprint density at radius 2 is 1.81 bits per heavy atom. The van der Waals surface area contributed by atoms with Crippen LogP contribution in [-0.4, -0.2) is 73.2 Å². The van der Waals surface area contributed by atoms with E-state index >= 15 is 0 Å². The van der Waals surface area contributed by atoms with Crippen LogP contribution in [0.1, 0.15) is 33.1 Å². The molecule has 1 saturated heterocycles. The van der Waals surface area contributed by atoms with Crippen molar-refractivity contribution in [3.05, 3.63) is 18.5 Å². The number of hydrogen-bond donors (Lipinski definition) is 2. The van der Waals surface area contributed by atoms with Crippen molar-refractivity contribution in [2.24, 2.45) is 4.99 Å². The first-order valence-corrected chi connectivity index (χ1v) is 9.60. The topological polar surface area (TPSA) is 68.7 Å². The molecule has 0 atom stereocenters. The Morgan fingerprint density at radius 1 is 1.08 bits per heavy atom. The van der Waals surface area contributed by atoms with Gasteiger partial charge < -0.3 is 15.5 Å². The van der Waals surface area contributed by atoms with Gasteiger partial charge in [-0.05, 0) is 19.4 Å². The molecule has 2 N–H and O–H groups in total. The van der Waals surface area contributed by atoms with Gasteiger partial charge in [-0.3, -0.25) is 9.89 Å². The normalized spacial score (nSPS) is 15.5. The molecule has 1 aromatic heterocycles. The summed E-state index contributed by atoms with van der Waals surface area (Å²) in [6, 6.07) is 1.86. The van der Waals surface area contributed by atoms with E-state index in [-0.39, 0.29) is 24.0 Å². The van der Waals surface area contributed by atoms with Crippen LogP contribution in [0.4, 0.5) is 5.95 Å². The van der Waals surface area contributed by atoms with Crippen molar-refractivity contribution in [1.29, 1.82) is 0 Å². The zero-order chi connectivity index (χ0) is 17.7. The Balaban J connectivity index is 0.00000338. The minimum Gasteiger partial charge on any atom is -0.357 e. The highest BCUT2D eigenvalue weighted by Crippen LogP contribution is 2.08. The Bertz CT molecular complexity index is 490. The molecule has 0 radical (unpaired) electrons. The first kappa shape index (κ1) is 22.9. The first-order chi connectivity index (χ1) is 12.3. The average Bonchev–Trinajstić information content (AvgIpc) is 2.66. The van der Waals surface area contributed by atoms with E-state index in [1.54, 1.807) is 12.4 Å². The summed E-state index contributed by atoms with van der Waals surface area (Å²) >= 11 is 0. The molecule has 2 rings (SSSR count). The van der Waals surface area contributed by atoms with Gasteiger partial charge in [0.15, 0.2) is 5.96 Å². The van der Waals surface area contributed by atoms with Crippen LogP contribution in [0.25, 0.3) is 0 Å². The highest BCUT2D eigenvalue weighted by Gasteiger charge is 2.18. The van der Waals surface area contributed by atoms with E-state index in [2.05, 4.69) is 49.2 Å². The number of rotatable bonds is 9. The van der Waals surface area contributed by atoms with Gasteiger partial charge in [0.2, 0.25) is 5.95 Å². The maximum absolute atomic E-state index is 4.64. The number of piperazine rings is 1. The number of nitrogens with zero attached hydrogens (tertiary/aromatic N) is 5. The van der Waals surface area contributed by atoms with E-state index in [1.165, 1.54) is 12.8 Å². The maximum Gasteiger partial charge on any atom is 0.225 e. The van der Waals surface area contributed by atoms with Crippen molar-refractivity contribution in [1.82, 2.24) is 25.5 Å². The number of anilines is 1. The molecule has 0 spiro atoms. The van der Waals surface area contributed by atoms with E-state index in [1.807, 2.05) is 6.07 Å². The van der Waals surface area contributed by atoms with Gasteiger partial charge in [0.05, 0.1) is 0 Å². The molecular weight excluding hydrogens is 441 g/mol. The van der Waals surface area contributed by atoms with Crippen LogP contribution in [0, 0.1) is 0 Å². The summed E-state index contributed by atoms with van der Waals surface area (Å²) < 4.78 is 0. The molecular formula is C18H34IN7. The van der Waals surface area contributed by atoms with Crippen LogP contribution < -0.4 is 15.5 Å². The smallest absolute Gasteiger partial charge is 0.225 e. The fourth-order valence-corrected chi connectivity index (χ4v) is 2.85. The molecule has 0 unspecified atom stereocenters. The quantitative estimate of drug-likeness (QED) is 0.246. The molecule has 26 heavy (non-hydrogen) atoms. The first-order valence-electron chi connectivity index (χ1n) is 9.60. The van der Waals surface area contributed by atoms with Crippen molar-refractivity contribution in [2.75, 3.05) is 57.3 Å². The molecule has 0 saturated carbocycles. The van der Waals surface area contributed by atoms with Crippen LogP contribution in [0.5, 0.6) is 0 Å². The largest absolute Gasteiger partial charge is 0.357 e. The summed E-state index contributed by atoms with van der Waals surface area (Å²) in [7, 11) is 0. The fraction of sp³-hybridized carbons (Fsp3) is 0.722. The lowest BCUT2D eigenvalue weighted by atomic mass is 10.2. The second kappa shape index (κ2) is 14.0. The Labute approximate surface area is 175 Å². The van der Waals surface area contributed by atoms with Gasteiger partial charge in [0.1, 0.15) is 0 Å². The second-order valence-electron chi connectivity index (χ2n) is 6.27. The van der Waals surface area contributed by atoms with E-state index in [4.69, 9.17) is 0 Å². The predicted octanol–water partition coefficient (Wildman–Crippen LogP) is 1.96. The zero-order valence-electron chi connectivity index (χ0n) is 16.2. The van der Waals surface area contributed by atoms with E-state index in [0.717, 1.165) is 70.7 Å². The van der Waals surface area contributed by atoms with Gasteiger partial charge in [-0.1, -0.05) is 19.8 Å². The molecule has 0 aliphatic carbocycles. The summed E-state index contributed by atoms with van der Waals surface area (Å²) in [5.41, 5.74) is 0. The summed E-state index contributed by atoms with van der Waals surface area (Å²) in [6.45, 7) is 12.1. The fourth-order valence-electron chi connectivity index (χ4n) is 2.85. The molecule has 2 heterocycles. The monoisotopic (exact) mass is 475 g/mol. The predicted molar refractivity (Wildman–Crippen MR) is 120 cm³/mol.